The Morgan fingerprint density at radius 1 is 1.00 bits per heavy atom. The molecule has 228 valence electrons. The van der Waals surface area contributed by atoms with Crippen molar-refractivity contribution in [2.45, 2.75) is 97.6 Å². The summed E-state index contributed by atoms with van der Waals surface area (Å²) < 4.78 is 28.1. The maximum Gasteiger partial charge on any atom is 0.408 e. The van der Waals surface area contributed by atoms with Gasteiger partial charge in [0.1, 0.15) is 24.4 Å². The van der Waals surface area contributed by atoms with E-state index >= 15 is 0 Å². The number of carbonyl (C=O) groups is 5. The van der Waals surface area contributed by atoms with E-state index in [4.69, 9.17) is 23.7 Å². The summed E-state index contributed by atoms with van der Waals surface area (Å²) in [7, 11) is 0. The van der Waals surface area contributed by atoms with Gasteiger partial charge in [-0.25, -0.2) is 9.59 Å². The SMILES string of the molecule is CC(=O)OC[C@@H](NC(=O)[C@H](C)NC(=O)OC(C)(C)C)[C@H]1O[C@@H](n2cc(C)c(=O)[nH]c2=O)[C@H](OC(C)=O)[C@@H]1OC(C)=O. The Kier molecular flexibility index (Phi) is 10.8. The summed E-state index contributed by atoms with van der Waals surface area (Å²) in [6.45, 7) is 10.5. The van der Waals surface area contributed by atoms with Gasteiger partial charge in [-0.05, 0) is 34.6 Å². The number of esters is 3. The summed E-state index contributed by atoms with van der Waals surface area (Å²) in [6.07, 6.45) is -5.35. The Hall–Kier alpha value is -4.21. The van der Waals surface area contributed by atoms with E-state index in [1.165, 1.54) is 20.0 Å². The van der Waals surface area contributed by atoms with Crippen molar-refractivity contribution >= 4 is 29.9 Å². The first-order valence-electron chi connectivity index (χ1n) is 12.6. The summed E-state index contributed by atoms with van der Waals surface area (Å²) in [6, 6.07) is -2.40. The van der Waals surface area contributed by atoms with Gasteiger partial charge in [0, 0.05) is 32.5 Å². The molecule has 0 aliphatic carbocycles. The number of rotatable bonds is 9. The smallest absolute Gasteiger partial charge is 0.408 e. The lowest BCUT2D eigenvalue weighted by atomic mass is 10.0. The monoisotopic (exact) mass is 584 g/mol. The lowest BCUT2D eigenvalue weighted by molar-refractivity contribution is -0.166. The molecule has 16 nitrogen and oxygen atoms in total. The lowest BCUT2D eigenvalue weighted by Gasteiger charge is -2.29. The van der Waals surface area contributed by atoms with Gasteiger partial charge in [-0.15, -0.1) is 0 Å². The highest BCUT2D eigenvalue weighted by molar-refractivity contribution is 5.85. The minimum Gasteiger partial charge on any atom is -0.464 e. The second kappa shape index (κ2) is 13.4. The first-order valence-corrected chi connectivity index (χ1v) is 12.6. The van der Waals surface area contributed by atoms with Gasteiger partial charge >= 0.3 is 29.7 Å². The zero-order valence-electron chi connectivity index (χ0n) is 24.1. The Balaban J connectivity index is 2.49. The molecule has 3 N–H and O–H groups in total. The number of aromatic amines is 1. The van der Waals surface area contributed by atoms with Crippen LogP contribution in [0.3, 0.4) is 0 Å². The van der Waals surface area contributed by atoms with Crippen LogP contribution in [0.2, 0.25) is 0 Å². The third-order valence-electron chi connectivity index (χ3n) is 5.57. The van der Waals surface area contributed by atoms with Crippen molar-refractivity contribution in [2.24, 2.45) is 0 Å². The van der Waals surface area contributed by atoms with Gasteiger partial charge in [0.2, 0.25) is 5.91 Å². The van der Waals surface area contributed by atoms with Gasteiger partial charge in [0.05, 0.1) is 6.04 Å². The Labute approximate surface area is 235 Å². The van der Waals surface area contributed by atoms with Gasteiger partial charge in [0.15, 0.2) is 18.4 Å². The van der Waals surface area contributed by atoms with Crippen LogP contribution in [-0.4, -0.2) is 82.1 Å². The molecule has 0 radical (unpaired) electrons. The number of hydrogen-bond acceptors (Lipinski definition) is 12. The normalized spacial score (nSPS) is 21.7. The largest absolute Gasteiger partial charge is 0.464 e. The summed E-state index contributed by atoms with van der Waals surface area (Å²) >= 11 is 0. The number of nitrogens with zero attached hydrogens (tertiary/aromatic N) is 1. The fourth-order valence-corrected chi connectivity index (χ4v) is 3.91. The number of alkyl carbamates (subject to hydrolysis) is 1. The second-order valence-corrected chi connectivity index (χ2v) is 10.4. The van der Waals surface area contributed by atoms with Crippen LogP contribution < -0.4 is 21.9 Å². The molecule has 1 aromatic rings. The van der Waals surface area contributed by atoms with Gasteiger partial charge in [0.25, 0.3) is 5.56 Å². The van der Waals surface area contributed by atoms with Crippen LogP contribution in [0.25, 0.3) is 0 Å². The maximum atomic E-state index is 13.1. The predicted octanol–water partition coefficient (Wildman–Crippen LogP) is -0.433. The number of hydrogen-bond donors (Lipinski definition) is 3. The zero-order chi connectivity index (χ0) is 31.2. The fraction of sp³-hybridized carbons (Fsp3) is 0.640. The van der Waals surface area contributed by atoms with Crippen molar-refractivity contribution in [3.8, 4) is 0 Å². The topological polar surface area (TPSA) is 210 Å². The molecule has 2 heterocycles. The van der Waals surface area contributed by atoms with Crippen LogP contribution in [0.5, 0.6) is 0 Å². The minimum absolute atomic E-state index is 0.120. The molecule has 1 saturated heterocycles. The molecule has 0 saturated carbocycles. The van der Waals surface area contributed by atoms with Crippen LogP contribution in [0.4, 0.5) is 4.79 Å². The van der Waals surface area contributed by atoms with Crippen molar-refractivity contribution in [3.05, 3.63) is 32.6 Å². The van der Waals surface area contributed by atoms with Crippen LogP contribution >= 0.6 is 0 Å². The number of amides is 2. The van der Waals surface area contributed by atoms with E-state index in [1.54, 1.807) is 20.8 Å². The highest BCUT2D eigenvalue weighted by Crippen LogP contribution is 2.35. The third kappa shape index (κ3) is 9.44. The van der Waals surface area contributed by atoms with Gasteiger partial charge in [-0.3, -0.25) is 33.5 Å². The fourth-order valence-electron chi connectivity index (χ4n) is 3.91. The molecule has 1 aromatic heterocycles. The average Bonchev–Trinajstić information content (AvgIpc) is 3.13. The van der Waals surface area contributed by atoms with Crippen LogP contribution in [0.15, 0.2) is 15.8 Å². The molecule has 0 aromatic carbocycles. The van der Waals surface area contributed by atoms with Crippen LogP contribution in [-0.2, 0) is 42.9 Å². The first-order chi connectivity index (χ1) is 18.9. The van der Waals surface area contributed by atoms with Crippen molar-refractivity contribution in [3.63, 3.8) is 0 Å². The van der Waals surface area contributed by atoms with E-state index in [9.17, 15) is 33.6 Å². The molecule has 16 heteroatoms. The molecular formula is C25H36N4O12. The quantitative estimate of drug-likeness (QED) is 0.249. The van der Waals surface area contributed by atoms with E-state index < -0.39 is 90.0 Å². The zero-order valence-corrected chi connectivity index (χ0v) is 24.1. The maximum absolute atomic E-state index is 13.1. The molecule has 1 aliphatic rings. The molecule has 0 spiro atoms. The van der Waals surface area contributed by atoms with E-state index in [1.807, 2.05) is 0 Å². The molecule has 1 fully saturated rings. The van der Waals surface area contributed by atoms with Gasteiger partial charge in [-0.1, -0.05) is 0 Å². The first kappa shape index (κ1) is 33.0. The van der Waals surface area contributed by atoms with E-state index in [-0.39, 0.29) is 5.56 Å². The standard InChI is InChI=1S/C25H36N4O12/c1-11-9-29(23(35)28-20(11)33)22-19(39-15(5)32)18(38-14(4)31)17(40-22)16(10-37-13(3)30)27-21(34)12(2)26-24(36)41-25(6,7)8/h9,12,16-19,22H,10H2,1-8H3,(H,26,36)(H,27,34)(H,28,33,35)/t12-,16+,17+,18+,19+,22+/m0/s1. The van der Waals surface area contributed by atoms with Crippen LogP contribution in [0, 0.1) is 6.92 Å². The Bertz CT molecular complexity index is 1280. The van der Waals surface area contributed by atoms with E-state index in [0.29, 0.717) is 0 Å². The Morgan fingerprint density at radius 3 is 2.12 bits per heavy atom. The number of aryl methyl sites for hydroxylation is 1. The lowest BCUT2D eigenvalue weighted by Crippen LogP contribution is -2.56. The van der Waals surface area contributed by atoms with Crippen molar-refractivity contribution in [2.75, 3.05) is 6.61 Å². The van der Waals surface area contributed by atoms with Crippen molar-refractivity contribution in [1.82, 2.24) is 20.2 Å². The molecule has 0 bridgehead atoms. The average molecular weight is 585 g/mol. The summed E-state index contributed by atoms with van der Waals surface area (Å²) in [5.41, 5.74) is -2.28. The predicted molar refractivity (Wildman–Crippen MR) is 138 cm³/mol. The highest BCUT2D eigenvalue weighted by Gasteiger charge is 2.53. The van der Waals surface area contributed by atoms with Gasteiger partial charge < -0.3 is 34.3 Å². The molecule has 2 amide bonds. The number of H-pyrrole nitrogens is 1. The van der Waals surface area contributed by atoms with Crippen LogP contribution in [0.1, 0.15) is 60.3 Å². The second-order valence-electron chi connectivity index (χ2n) is 10.4. The molecule has 6 atom stereocenters. The summed E-state index contributed by atoms with van der Waals surface area (Å²) in [5.74, 6) is -3.11. The van der Waals surface area contributed by atoms with E-state index in [2.05, 4.69) is 15.6 Å². The third-order valence-corrected chi connectivity index (χ3v) is 5.57. The van der Waals surface area contributed by atoms with Gasteiger partial charge in [-0.2, -0.15) is 0 Å². The van der Waals surface area contributed by atoms with Crippen molar-refractivity contribution in [1.29, 1.82) is 0 Å². The minimum atomic E-state index is -1.44. The molecule has 1 aliphatic heterocycles. The molecular weight excluding hydrogens is 548 g/mol. The molecule has 2 rings (SSSR count). The Morgan fingerprint density at radius 2 is 1.59 bits per heavy atom. The molecule has 41 heavy (non-hydrogen) atoms. The number of nitrogens with one attached hydrogen (secondary N) is 3. The molecule has 0 unspecified atom stereocenters. The summed E-state index contributed by atoms with van der Waals surface area (Å²) in [5, 5.41) is 4.95. The summed E-state index contributed by atoms with van der Waals surface area (Å²) in [4.78, 5) is 87.7. The number of aromatic nitrogens is 2. The highest BCUT2D eigenvalue weighted by atomic mass is 16.6. The van der Waals surface area contributed by atoms with Crippen molar-refractivity contribution < 1.29 is 47.7 Å². The van der Waals surface area contributed by atoms with E-state index in [0.717, 1.165) is 25.3 Å². The number of carbonyl (C=O) groups excluding carboxylic acids is 5. The number of ether oxygens (including phenoxy) is 5.